The highest BCUT2D eigenvalue weighted by Crippen LogP contribution is 2.34. The van der Waals surface area contributed by atoms with Crippen LogP contribution in [0.1, 0.15) is 19.8 Å². The van der Waals surface area contributed by atoms with Gasteiger partial charge in [-0.15, -0.1) is 0 Å². The van der Waals surface area contributed by atoms with E-state index in [1.165, 1.54) is 4.90 Å². The molecule has 19 heavy (non-hydrogen) atoms. The highest BCUT2D eigenvalue weighted by atomic mass is 16.5. The maximum Gasteiger partial charge on any atom is 0.259 e. The lowest BCUT2D eigenvalue weighted by atomic mass is 10.00. The average Bonchev–Trinajstić information content (AvgIpc) is 2.85. The first-order valence-electron chi connectivity index (χ1n) is 6.45. The van der Waals surface area contributed by atoms with Crippen molar-refractivity contribution in [2.24, 2.45) is 0 Å². The molecule has 0 aliphatic carbocycles. The minimum absolute atomic E-state index is 0.0504. The fraction of sp³-hybridized carbons (Fsp3) is 0.429. The second-order valence-electron chi connectivity index (χ2n) is 5.14. The second kappa shape index (κ2) is 4.35. The number of carbonyl (C=O) groups excluding carboxylic acids is 2. The molecule has 0 bridgehead atoms. The summed E-state index contributed by atoms with van der Waals surface area (Å²) in [6.45, 7) is 2.45. The Morgan fingerprint density at radius 3 is 2.95 bits per heavy atom. The highest BCUT2D eigenvalue weighted by molar-refractivity contribution is 6.12. The van der Waals surface area contributed by atoms with Gasteiger partial charge in [-0.3, -0.25) is 14.5 Å². The van der Waals surface area contributed by atoms with Gasteiger partial charge in [-0.05, 0) is 31.9 Å². The molecule has 5 nitrogen and oxygen atoms in total. The molecule has 0 radical (unpaired) electrons. The van der Waals surface area contributed by atoms with Crippen molar-refractivity contribution in [1.82, 2.24) is 0 Å². The predicted octanol–water partition coefficient (Wildman–Crippen LogP) is 1.54. The van der Waals surface area contributed by atoms with Crippen LogP contribution in [0.2, 0.25) is 0 Å². The van der Waals surface area contributed by atoms with E-state index in [0.717, 1.165) is 12.1 Å². The topological polar surface area (TPSA) is 58.6 Å². The first-order valence-corrected chi connectivity index (χ1v) is 6.45. The van der Waals surface area contributed by atoms with E-state index < -0.39 is 5.60 Å². The average molecular weight is 260 g/mol. The maximum absolute atomic E-state index is 12.7. The van der Waals surface area contributed by atoms with Crippen LogP contribution in [0.4, 0.5) is 11.4 Å². The van der Waals surface area contributed by atoms with Gasteiger partial charge >= 0.3 is 0 Å². The van der Waals surface area contributed by atoms with Gasteiger partial charge in [0, 0.05) is 6.61 Å². The Labute approximate surface area is 111 Å². The van der Waals surface area contributed by atoms with Gasteiger partial charge in [0.1, 0.15) is 12.1 Å². The summed E-state index contributed by atoms with van der Waals surface area (Å²) >= 11 is 0. The van der Waals surface area contributed by atoms with Gasteiger partial charge in [0.15, 0.2) is 0 Å². The molecule has 1 unspecified atom stereocenters. The Bertz CT molecular complexity index is 535. The van der Waals surface area contributed by atoms with Crippen molar-refractivity contribution in [3.05, 3.63) is 24.3 Å². The van der Waals surface area contributed by atoms with Gasteiger partial charge in [0.05, 0.1) is 11.4 Å². The summed E-state index contributed by atoms with van der Waals surface area (Å²) in [6, 6.07) is 7.32. The van der Waals surface area contributed by atoms with Crippen molar-refractivity contribution in [1.29, 1.82) is 0 Å². The Kier molecular flexibility index (Phi) is 2.78. The summed E-state index contributed by atoms with van der Waals surface area (Å²) in [4.78, 5) is 25.9. The van der Waals surface area contributed by atoms with Gasteiger partial charge in [-0.2, -0.15) is 0 Å². The molecular formula is C14H16N2O3. The van der Waals surface area contributed by atoms with E-state index in [-0.39, 0.29) is 18.4 Å². The first kappa shape index (κ1) is 12.2. The zero-order chi connectivity index (χ0) is 13.5. The van der Waals surface area contributed by atoms with Crippen molar-refractivity contribution < 1.29 is 14.3 Å². The Morgan fingerprint density at radius 1 is 1.42 bits per heavy atom. The van der Waals surface area contributed by atoms with Crippen molar-refractivity contribution in [3.8, 4) is 0 Å². The molecule has 2 amide bonds. The Balaban J connectivity index is 1.97. The van der Waals surface area contributed by atoms with Crippen molar-refractivity contribution in [2.75, 3.05) is 23.4 Å². The number of rotatable bonds is 1. The lowest BCUT2D eigenvalue weighted by Crippen LogP contribution is -2.51. The normalized spacial score (nSPS) is 25.9. The number of fused-ring (bicyclic) bond motifs is 1. The lowest BCUT2D eigenvalue weighted by molar-refractivity contribution is -0.137. The SMILES string of the molecule is CC1(C(=O)N2CC(=O)Nc3ccccc32)CCCO1. The van der Waals surface area contributed by atoms with E-state index in [2.05, 4.69) is 5.32 Å². The van der Waals surface area contributed by atoms with Crippen LogP contribution in [-0.2, 0) is 14.3 Å². The number of hydrogen-bond acceptors (Lipinski definition) is 3. The van der Waals surface area contributed by atoms with Crippen molar-refractivity contribution >= 4 is 23.2 Å². The standard InChI is InChI=1S/C14H16N2O3/c1-14(7-4-8-19-14)13(18)16-9-12(17)15-10-5-2-3-6-11(10)16/h2-3,5-6H,4,7-9H2,1H3,(H,15,17). The first-order chi connectivity index (χ1) is 9.10. The Morgan fingerprint density at radius 2 is 2.21 bits per heavy atom. The van der Waals surface area contributed by atoms with E-state index in [4.69, 9.17) is 4.74 Å². The van der Waals surface area contributed by atoms with E-state index in [0.29, 0.717) is 18.7 Å². The summed E-state index contributed by atoms with van der Waals surface area (Å²) in [5.41, 5.74) is 0.614. The van der Waals surface area contributed by atoms with Gasteiger partial charge in [0.25, 0.3) is 5.91 Å². The van der Waals surface area contributed by atoms with Crippen LogP contribution in [0.3, 0.4) is 0 Å². The summed E-state index contributed by atoms with van der Waals surface area (Å²) in [5, 5.41) is 2.77. The molecule has 1 saturated heterocycles. The summed E-state index contributed by atoms with van der Waals surface area (Å²) in [7, 11) is 0. The third kappa shape index (κ3) is 2.00. The third-order valence-corrected chi connectivity index (χ3v) is 3.69. The molecule has 1 atom stereocenters. The molecule has 2 aliphatic rings. The lowest BCUT2D eigenvalue weighted by Gasteiger charge is -2.34. The molecule has 1 N–H and O–H groups in total. The van der Waals surface area contributed by atoms with Crippen LogP contribution in [-0.4, -0.2) is 30.6 Å². The fourth-order valence-corrected chi connectivity index (χ4v) is 2.65. The monoisotopic (exact) mass is 260 g/mol. The largest absolute Gasteiger partial charge is 0.365 e. The zero-order valence-electron chi connectivity index (χ0n) is 10.8. The minimum Gasteiger partial charge on any atom is -0.365 e. The van der Waals surface area contributed by atoms with Crippen LogP contribution in [0.15, 0.2) is 24.3 Å². The van der Waals surface area contributed by atoms with E-state index in [1.54, 1.807) is 13.0 Å². The molecule has 2 heterocycles. The minimum atomic E-state index is -0.801. The molecule has 0 spiro atoms. The Hall–Kier alpha value is -1.88. The predicted molar refractivity (Wildman–Crippen MR) is 71.0 cm³/mol. The van der Waals surface area contributed by atoms with Gasteiger partial charge in [0.2, 0.25) is 5.91 Å². The number of carbonyl (C=O) groups is 2. The van der Waals surface area contributed by atoms with Crippen LogP contribution < -0.4 is 10.2 Å². The van der Waals surface area contributed by atoms with Gasteiger partial charge in [-0.1, -0.05) is 12.1 Å². The van der Waals surface area contributed by atoms with Gasteiger partial charge < -0.3 is 10.1 Å². The summed E-state index contributed by atoms with van der Waals surface area (Å²) < 4.78 is 5.58. The number of nitrogens with zero attached hydrogens (tertiary/aromatic N) is 1. The summed E-state index contributed by atoms with van der Waals surface area (Å²) in [6.07, 6.45) is 1.58. The van der Waals surface area contributed by atoms with Crippen LogP contribution >= 0.6 is 0 Å². The van der Waals surface area contributed by atoms with Crippen LogP contribution in [0.25, 0.3) is 0 Å². The number of nitrogens with one attached hydrogen (secondary N) is 1. The maximum atomic E-state index is 12.7. The van der Waals surface area contributed by atoms with E-state index >= 15 is 0 Å². The molecule has 3 rings (SSSR count). The smallest absolute Gasteiger partial charge is 0.259 e. The number of benzene rings is 1. The van der Waals surface area contributed by atoms with Crippen molar-refractivity contribution in [2.45, 2.75) is 25.4 Å². The molecule has 1 aromatic carbocycles. The molecule has 1 fully saturated rings. The van der Waals surface area contributed by atoms with Crippen molar-refractivity contribution in [3.63, 3.8) is 0 Å². The van der Waals surface area contributed by atoms with Gasteiger partial charge in [-0.25, -0.2) is 0 Å². The van der Waals surface area contributed by atoms with E-state index in [9.17, 15) is 9.59 Å². The molecule has 1 aromatic rings. The molecule has 0 aromatic heterocycles. The molecule has 5 heteroatoms. The number of anilines is 2. The molecule has 0 saturated carbocycles. The molecular weight excluding hydrogens is 244 g/mol. The van der Waals surface area contributed by atoms with Crippen LogP contribution in [0, 0.1) is 0 Å². The fourth-order valence-electron chi connectivity index (χ4n) is 2.65. The zero-order valence-corrected chi connectivity index (χ0v) is 10.8. The second-order valence-corrected chi connectivity index (χ2v) is 5.14. The number of hydrogen-bond donors (Lipinski definition) is 1. The molecule has 100 valence electrons. The molecule has 2 aliphatic heterocycles. The quantitative estimate of drug-likeness (QED) is 0.833. The number of ether oxygens (including phenoxy) is 1. The number of amides is 2. The van der Waals surface area contributed by atoms with Crippen LogP contribution in [0.5, 0.6) is 0 Å². The third-order valence-electron chi connectivity index (χ3n) is 3.69. The summed E-state index contributed by atoms with van der Waals surface area (Å²) in [5.74, 6) is -0.305. The highest BCUT2D eigenvalue weighted by Gasteiger charge is 2.43. The number of para-hydroxylation sites is 2. The van der Waals surface area contributed by atoms with E-state index in [1.807, 2.05) is 18.2 Å².